The summed E-state index contributed by atoms with van der Waals surface area (Å²) >= 11 is 6.24. The first-order valence-corrected chi connectivity index (χ1v) is 19.0. The molecule has 1 spiro atoms. The number of carbonyl (C=O) groups excluding carboxylic acids is 1. The monoisotopic (exact) mass is 685 g/mol. The van der Waals surface area contributed by atoms with Crippen molar-refractivity contribution in [2.75, 3.05) is 44.8 Å². The zero-order valence-electron chi connectivity index (χ0n) is 27.4. The Hall–Kier alpha value is -2.66. The van der Waals surface area contributed by atoms with Crippen molar-refractivity contribution in [1.29, 1.82) is 0 Å². The van der Waals surface area contributed by atoms with Crippen molar-refractivity contribution in [3.05, 3.63) is 69.5 Å². The zero-order valence-corrected chi connectivity index (χ0v) is 28.9. The first kappa shape index (κ1) is 32.9. The van der Waals surface area contributed by atoms with Crippen LogP contribution in [0.15, 0.2) is 42.0 Å². The summed E-state index contributed by atoms with van der Waals surface area (Å²) in [5.74, 6) is 0.210. The van der Waals surface area contributed by atoms with Crippen molar-refractivity contribution in [2.45, 2.75) is 69.1 Å². The van der Waals surface area contributed by atoms with E-state index in [1.165, 1.54) is 5.57 Å². The maximum Gasteiger partial charge on any atom is 0.264 e. The van der Waals surface area contributed by atoms with Crippen LogP contribution >= 0.6 is 11.6 Å². The molecule has 3 aliphatic heterocycles. The molecule has 11 heteroatoms. The van der Waals surface area contributed by atoms with E-state index < -0.39 is 26.6 Å². The largest absolute Gasteiger partial charge is 0.490 e. The van der Waals surface area contributed by atoms with Crippen LogP contribution in [0.1, 0.15) is 67.4 Å². The van der Waals surface area contributed by atoms with Crippen LogP contribution in [0.4, 0.5) is 10.1 Å². The third-order valence-corrected chi connectivity index (χ3v) is 14.0. The number of nitrogens with zero attached hydrogens (tertiary/aromatic N) is 1. The maximum absolute atomic E-state index is 15.4. The van der Waals surface area contributed by atoms with Gasteiger partial charge in [-0.3, -0.25) is 4.79 Å². The van der Waals surface area contributed by atoms with Crippen LogP contribution < -0.4 is 19.7 Å². The van der Waals surface area contributed by atoms with Crippen molar-refractivity contribution in [2.24, 2.45) is 23.7 Å². The predicted octanol–water partition coefficient (Wildman–Crippen LogP) is 5.63. The quantitative estimate of drug-likeness (QED) is 0.318. The fourth-order valence-corrected chi connectivity index (χ4v) is 10.1. The standard InChI is InChI=1S/C36H45ClFN3O5S/c1-21-22(2)47(43,44)40-35(42)23-7-11-32-31(17-23)41(18-24-6-8-27(24)34(45-14-13-39-3)26-15-25(21)16-26)19-36(20-46-32)12-4-5-28-29(36)9-10-30(37)33(28)38/h7,9-11,15,17,21-22,24-25,27,34,39H,4-6,8,12-14,16,18-20H2,1-3H3,(H,40,42)/t21-,22-,24+,25+,27-,34+,36+/m1/s1. The van der Waals surface area contributed by atoms with E-state index in [2.05, 4.69) is 21.0 Å². The number of sulfonamides is 1. The van der Waals surface area contributed by atoms with Crippen LogP contribution in [0.25, 0.3) is 0 Å². The second-order valence-electron chi connectivity index (χ2n) is 14.4. The normalized spacial score (nSPS) is 32.8. The van der Waals surface area contributed by atoms with E-state index in [-0.39, 0.29) is 34.3 Å². The number of hydrogen-bond donors (Lipinski definition) is 2. The van der Waals surface area contributed by atoms with Crippen LogP contribution in [-0.2, 0) is 26.6 Å². The minimum atomic E-state index is -3.95. The van der Waals surface area contributed by atoms with Gasteiger partial charge in [-0.1, -0.05) is 30.7 Å². The fourth-order valence-electron chi connectivity index (χ4n) is 8.56. The van der Waals surface area contributed by atoms with Gasteiger partial charge in [-0.05, 0) is 117 Å². The van der Waals surface area contributed by atoms with Crippen LogP contribution in [0.2, 0.25) is 5.02 Å². The molecule has 0 saturated heterocycles. The lowest BCUT2D eigenvalue weighted by Gasteiger charge is -2.48. The average Bonchev–Trinajstić information content (AvgIpc) is 3.16. The van der Waals surface area contributed by atoms with Gasteiger partial charge in [0.25, 0.3) is 5.91 Å². The smallest absolute Gasteiger partial charge is 0.264 e. The van der Waals surface area contributed by atoms with E-state index in [9.17, 15) is 13.2 Å². The van der Waals surface area contributed by atoms with Gasteiger partial charge in [0.05, 0.1) is 35.3 Å². The molecule has 1 fully saturated rings. The number of fused-ring (bicyclic) bond motifs is 6. The van der Waals surface area contributed by atoms with Crippen LogP contribution in [0, 0.1) is 29.5 Å². The summed E-state index contributed by atoms with van der Waals surface area (Å²) < 4.78 is 57.9. The Balaban J connectivity index is 1.31. The van der Waals surface area contributed by atoms with Gasteiger partial charge < -0.3 is 19.7 Å². The first-order chi connectivity index (χ1) is 22.5. The fraction of sp³-hybridized carbons (Fsp3) is 0.583. The molecule has 4 bridgehead atoms. The first-order valence-electron chi connectivity index (χ1n) is 17.0. The summed E-state index contributed by atoms with van der Waals surface area (Å²) in [5.41, 5.74) is 3.37. The van der Waals surface area contributed by atoms with Crippen LogP contribution in [0.5, 0.6) is 5.75 Å². The zero-order chi connectivity index (χ0) is 33.1. The Morgan fingerprint density at radius 3 is 2.77 bits per heavy atom. The van der Waals surface area contributed by atoms with E-state index in [1.807, 2.05) is 20.0 Å². The van der Waals surface area contributed by atoms with E-state index in [1.54, 1.807) is 31.2 Å². The van der Waals surface area contributed by atoms with Crippen molar-refractivity contribution in [3.63, 3.8) is 0 Å². The van der Waals surface area contributed by atoms with Gasteiger partial charge in [-0.2, -0.15) is 0 Å². The highest BCUT2D eigenvalue weighted by Gasteiger charge is 2.47. The SMILES string of the molecule is CNCCO[C@H]1C2=C[C@@H](C2)[C@H](C)[C@@H](C)S(=O)(=O)NC(=O)c2ccc3c(c2)N(C[C@@H]2CC[C@H]21)C[C@@]1(CCCc2c1ccc(Cl)c2F)CO3. The molecule has 2 aromatic rings. The van der Waals surface area contributed by atoms with Gasteiger partial charge in [0.15, 0.2) is 0 Å². The van der Waals surface area contributed by atoms with Gasteiger partial charge in [0.1, 0.15) is 11.6 Å². The topological polar surface area (TPSA) is 97.0 Å². The highest BCUT2D eigenvalue weighted by atomic mass is 35.5. The number of rotatable bonds is 4. The summed E-state index contributed by atoms with van der Waals surface area (Å²) in [5, 5.41) is 2.56. The van der Waals surface area contributed by atoms with Crippen molar-refractivity contribution < 1.29 is 27.1 Å². The second-order valence-corrected chi connectivity index (χ2v) is 16.9. The summed E-state index contributed by atoms with van der Waals surface area (Å²) in [4.78, 5) is 15.8. The summed E-state index contributed by atoms with van der Waals surface area (Å²) in [7, 11) is -2.03. The lowest BCUT2D eigenvalue weighted by atomic mass is 9.64. The maximum atomic E-state index is 15.4. The molecule has 3 aliphatic carbocycles. The number of hydrogen-bond acceptors (Lipinski definition) is 7. The molecule has 1 saturated carbocycles. The molecule has 0 radical (unpaired) electrons. The molecule has 7 atom stereocenters. The Bertz CT molecular complexity index is 1700. The van der Waals surface area contributed by atoms with Gasteiger partial charge in [-0.25, -0.2) is 17.5 Å². The summed E-state index contributed by atoms with van der Waals surface area (Å²) in [6.45, 7) is 6.63. The number of anilines is 1. The number of allylic oxidation sites excluding steroid dienone is 1. The number of likely N-dealkylation sites (N-methyl/N-ethyl adjacent to an activating group) is 1. The molecule has 2 N–H and O–H groups in total. The number of nitrogens with one attached hydrogen (secondary N) is 2. The Kier molecular flexibility index (Phi) is 8.85. The minimum Gasteiger partial charge on any atom is -0.490 e. The molecule has 0 unspecified atom stereocenters. The van der Waals surface area contributed by atoms with Gasteiger partial charge in [0.2, 0.25) is 10.0 Å². The molecular formula is C36H45ClFN3O5S. The van der Waals surface area contributed by atoms with Crippen molar-refractivity contribution >= 4 is 33.2 Å². The number of benzene rings is 2. The predicted molar refractivity (Wildman–Crippen MR) is 181 cm³/mol. The van der Waals surface area contributed by atoms with Gasteiger partial charge in [-0.15, -0.1) is 0 Å². The molecule has 254 valence electrons. The lowest BCUT2D eigenvalue weighted by molar-refractivity contribution is -0.0248. The molecular weight excluding hydrogens is 641 g/mol. The minimum absolute atomic E-state index is 0.0280. The van der Waals surface area contributed by atoms with E-state index in [4.69, 9.17) is 21.1 Å². The third kappa shape index (κ3) is 5.87. The molecule has 8 rings (SSSR count). The van der Waals surface area contributed by atoms with E-state index in [0.717, 1.165) is 49.9 Å². The van der Waals surface area contributed by atoms with Gasteiger partial charge in [0, 0.05) is 30.6 Å². The molecule has 6 aliphatic rings. The molecule has 8 nitrogen and oxygen atoms in total. The number of ether oxygens (including phenoxy) is 2. The summed E-state index contributed by atoms with van der Waals surface area (Å²) in [6, 6.07) is 8.77. The summed E-state index contributed by atoms with van der Waals surface area (Å²) in [6.07, 6.45) is 7.34. The molecule has 1 amide bonds. The average molecular weight is 686 g/mol. The number of amides is 1. The molecule has 47 heavy (non-hydrogen) atoms. The van der Waals surface area contributed by atoms with Crippen molar-refractivity contribution in [3.8, 4) is 5.75 Å². The Morgan fingerprint density at radius 1 is 1.21 bits per heavy atom. The Morgan fingerprint density at radius 2 is 2.02 bits per heavy atom. The second kappa shape index (κ2) is 12.7. The third-order valence-electron chi connectivity index (χ3n) is 11.8. The molecule has 3 heterocycles. The molecule has 0 aromatic heterocycles. The molecule has 2 aromatic carbocycles. The Labute approximate surface area is 282 Å². The van der Waals surface area contributed by atoms with E-state index in [0.29, 0.717) is 55.9 Å². The lowest BCUT2D eigenvalue weighted by Crippen LogP contribution is -2.51. The van der Waals surface area contributed by atoms with E-state index >= 15 is 4.39 Å². The van der Waals surface area contributed by atoms with Gasteiger partial charge >= 0.3 is 0 Å². The number of carbonyl (C=O) groups is 1. The van der Waals surface area contributed by atoms with Crippen LogP contribution in [0.3, 0.4) is 0 Å². The van der Waals surface area contributed by atoms with Crippen LogP contribution in [-0.4, -0.2) is 65.6 Å². The number of halogens is 2. The van der Waals surface area contributed by atoms with Crippen molar-refractivity contribution in [1.82, 2.24) is 10.0 Å². The highest BCUT2D eigenvalue weighted by Crippen LogP contribution is 2.50. The highest BCUT2D eigenvalue weighted by molar-refractivity contribution is 7.90.